The summed E-state index contributed by atoms with van der Waals surface area (Å²) in [7, 11) is 4.76. The van der Waals surface area contributed by atoms with Gasteiger partial charge in [-0.25, -0.2) is 0 Å². The molecule has 1 amide bonds. The first-order valence-corrected chi connectivity index (χ1v) is 9.36. The molecule has 0 aliphatic heterocycles. The van der Waals surface area contributed by atoms with Gasteiger partial charge in [-0.2, -0.15) is 4.98 Å². The second kappa shape index (κ2) is 9.25. The molecule has 9 nitrogen and oxygen atoms in total. The van der Waals surface area contributed by atoms with Gasteiger partial charge in [0, 0.05) is 19.8 Å². The van der Waals surface area contributed by atoms with Crippen LogP contribution in [0, 0.1) is 6.92 Å². The Kier molecular flexibility index (Phi) is 6.51. The largest absolute Gasteiger partial charge is 0.493 e. The Morgan fingerprint density at radius 2 is 1.97 bits per heavy atom. The molecule has 0 radical (unpaired) electrons. The van der Waals surface area contributed by atoms with Crippen LogP contribution in [0.1, 0.15) is 27.3 Å². The van der Waals surface area contributed by atoms with Crippen LogP contribution in [0.5, 0.6) is 11.5 Å². The van der Waals surface area contributed by atoms with Crippen LogP contribution in [0.3, 0.4) is 0 Å². The molecule has 3 aromatic rings. The lowest BCUT2D eigenvalue weighted by Crippen LogP contribution is -2.35. The highest BCUT2D eigenvalue weighted by atomic mass is 16.5. The second-order valence-electron chi connectivity index (χ2n) is 6.82. The maximum atomic E-state index is 13.0. The monoisotopic (exact) mass is 412 g/mol. The van der Waals surface area contributed by atoms with E-state index in [1.54, 1.807) is 45.0 Å². The van der Waals surface area contributed by atoms with E-state index in [0.29, 0.717) is 35.9 Å². The first-order chi connectivity index (χ1) is 14.4. The molecule has 0 aliphatic rings. The van der Waals surface area contributed by atoms with Crippen LogP contribution in [0.25, 0.3) is 0 Å². The van der Waals surface area contributed by atoms with Gasteiger partial charge >= 0.3 is 0 Å². The summed E-state index contributed by atoms with van der Waals surface area (Å²) in [5.74, 6) is 1.26. The summed E-state index contributed by atoms with van der Waals surface area (Å²) in [5, 5.41) is 3.70. The second-order valence-corrected chi connectivity index (χ2v) is 6.82. The first kappa shape index (κ1) is 21.1. The summed E-state index contributed by atoms with van der Waals surface area (Å²) in [6, 6.07) is 7.40. The zero-order chi connectivity index (χ0) is 21.7. The zero-order valence-corrected chi connectivity index (χ0v) is 17.4. The van der Waals surface area contributed by atoms with Crippen LogP contribution in [0.15, 0.2) is 46.2 Å². The van der Waals surface area contributed by atoms with E-state index in [1.165, 1.54) is 11.3 Å². The van der Waals surface area contributed by atoms with Crippen molar-refractivity contribution in [1.82, 2.24) is 19.6 Å². The lowest BCUT2D eigenvalue weighted by molar-refractivity contribution is 0.0777. The van der Waals surface area contributed by atoms with E-state index in [9.17, 15) is 9.59 Å². The molecule has 9 heteroatoms. The molecule has 0 unspecified atom stereocenters. The molecule has 30 heavy (non-hydrogen) atoms. The summed E-state index contributed by atoms with van der Waals surface area (Å²) in [6.45, 7) is 2.31. The molecule has 1 aromatic carbocycles. The van der Waals surface area contributed by atoms with E-state index in [2.05, 4.69) is 10.1 Å². The van der Waals surface area contributed by atoms with Crippen molar-refractivity contribution in [3.8, 4) is 11.5 Å². The minimum Gasteiger partial charge on any atom is -0.493 e. The summed E-state index contributed by atoms with van der Waals surface area (Å²) in [5.41, 5.74) is 1.41. The van der Waals surface area contributed by atoms with Gasteiger partial charge in [0.2, 0.25) is 6.39 Å². The predicted molar refractivity (Wildman–Crippen MR) is 109 cm³/mol. The van der Waals surface area contributed by atoms with E-state index in [1.807, 2.05) is 18.2 Å². The number of aromatic nitrogens is 3. The molecule has 0 aliphatic carbocycles. The average Bonchev–Trinajstić information content (AvgIpc) is 3.25. The number of hydrogen-bond donors (Lipinski definition) is 0. The quantitative estimate of drug-likeness (QED) is 0.558. The molecule has 2 heterocycles. The number of carbonyl (C=O) groups excluding carboxylic acids is 1. The minimum absolute atomic E-state index is 0.135. The number of aryl methyl sites for hydroxylation is 3. The highest BCUT2D eigenvalue weighted by Crippen LogP contribution is 2.27. The van der Waals surface area contributed by atoms with Crippen molar-refractivity contribution in [2.75, 3.05) is 21.3 Å². The van der Waals surface area contributed by atoms with Crippen molar-refractivity contribution in [3.63, 3.8) is 0 Å². The molecule has 0 N–H and O–H groups in total. The number of benzene rings is 1. The molecule has 0 atom stereocenters. The van der Waals surface area contributed by atoms with Crippen LogP contribution >= 0.6 is 0 Å². The van der Waals surface area contributed by atoms with Crippen molar-refractivity contribution < 1.29 is 18.8 Å². The smallest absolute Gasteiger partial charge is 0.263 e. The maximum absolute atomic E-state index is 13.0. The third kappa shape index (κ3) is 4.51. The number of rotatable bonds is 8. The highest BCUT2D eigenvalue weighted by Gasteiger charge is 2.20. The van der Waals surface area contributed by atoms with Crippen molar-refractivity contribution >= 4 is 5.91 Å². The van der Waals surface area contributed by atoms with E-state index in [-0.39, 0.29) is 23.6 Å². The molecule has 158 valence electrons. The van der Waals surface area contributed by atoms with Crippen LogP contribution in [-0.4, -0.2) is 46.8 Å². The van der Waals surface area contributed by atoms with Gasteiger partial charge in [-0.3, -0.25) is 9.59 Å². The third-order valence-corrected chi connectivity index (χ3v) is 4.81. The molecular weight excluding hydrogens is 388 g/mol. The number of pyridine rings is 1. The number of nitrogens with zero attached hydrogens (tertiary/aromatic N) is 4. The number of methoxy groups -OCH3 is 2. The average molecular weight is 412 g/mol. The van der Waals surface area contributed by atoms with Gasteiger partial charge in [0.1, 0.15) is 5.56 Å². The van der Waals surface area contributed by atoms with Crippen LogP contribution < -0.4 is 15.0 Å². The fourth-order valence-electron chi connectivity index (χ4n) is 3.12. The molecule has 0 bridgehead atoms. The minimum atomic E-state index is -0.386. The van der Waals surface area contributed by atoms with E-state index >= 15 is 0 Å². The maximum Gasteiger partial charge on any atom is 0.263 e. The fraction of sp³-hybridized carbons (Fsp3) is 0.333. The van der Waals surface area contributed by atoms with Gasteiger partial charge in [0.15, 0.2) is 17.3 Å². The molecule has 2 aromatic heterocycles. The van der Waals surface area contributed by atoms with Gasteiger partial charge in [-0.05, 0) is 42.7 Å². The van der Waals surface area contributed by atoms with Crippen LogP contribution in [0.2, 0.25) is 0 Å². The topological polar surface area (TPSA) is 99.7 Å². The molecule has 0 spiro atoms. The number of hydrogen-bond acceptors (Lipinski definition) is 7. The Hall–Kier alpha value is -3.62. The number of amides is 1. The number of carbonyl (C=O) groups is 1. The Labute approximate surface area is 173 Å². The molecule has 0 fully saturated rings. The Bertz CT molecular complexity index is 1080. The van der Waals surface area contributed by atoms with Crippen molar-refractivity contribution in [1.29, 1.82) is 0 Å². The lowest BCUT2D eigenvalue weighted by Gasteiger charge is -2.17. The normalized spacial score (nSPS) is 10.7. The Morgan fingerprint density at radius 1 is 1.20 bits per heavy atom. The zero-order valence-electron chi connectivity index (χ0n) is 17.4. The van der Waals surface area contributed by atoms with Crippen LogP contribution in [0.4, 0.5) is 0 Å². The van der Waals surface area contributed by atoms with Gasteiger partial charge in [-0.1, -0.05) is 11.2 Å². The summed E-state index contributed by atoms with van der Waals surface area (Å²) < 4.78 is 16.8. The van der Waals surface area contributed by atoms with Crippen molar-refractivity contribution in [2.24, 2.45) is 0 Å². The van der Waals surface area contributed by atoms with Crippen molar-refractivity contribution in [2.45, 2.75) is 26.4 Å². The SMILES string of the molecule is COc1ccc(CCn2ccc(C)c(C(=O)N(C)Cc3ncon3)c2=O)cc1OC. The first-order valence-electron chi connectivity index (χ1n) is 9.36. The summed E-state index contributed by atoms with van der Waals surface area (Å²) in [4.78, 5) is 31.2. The molecule has 0 saturated heterocycles. The highest BCUT2D eigenvalue weighted by molar-refractivity contribution is 5.95. The van der Waals surface area contributed by atoms with E-state index in [4.69, 9.17) is 14.0 Å². The fourth-order valence-corrected chi connectivity index (χ4v) is 3.12. The van der Waals surface area contributed by atoms with E-state index < -0.39 is 0 Å². The lowest BCUT2D eigenvalue weighted by atomic mass is 10.1. The van der Waals surface area contributed by atoms with Gasteiger partial charge in [0.05, 0.1) is 20.8 Å². The van der Waals surface area contributed by atoms with Crippen molar-refractivity contribution in [3.05, 3.63) is 69.7 Å². The Balaban J connectivity index is 1.79. The molecule has 3 rings (SSSR count). The summed E-state index contributed by atoms with van der Waals surface area (Å²) in [6.07, 6.45) is 3.49. The standard InChI is InChI=1S/C21H24N4O5/c1-14-7-9-25(10-8-15-5-6-16(28-3)17(11-15)29-4)21(27)19(14)20(26)24(2)12-18-22-13-30-23-18/h5-7,9,11,13H,8,10,12H2,1-4H3. The van der Waals surface area contributed by atoms with Gasteiger partial charge in [-0.15, -0.1) is 0 Å². The predicted octanol–water partition coefficient (Wildman–Crippen LogP) is 2.07. The third-order valence-electron chi connectivity index (χ3n) is 4.81. The van der Waals surface area contributed by atoms with Gasteiger partial charge in [0.25, 0.3) is 11.5 Å². The van der Waals surface area contributed by atoms with E-state index in [0.717, 1.165) is 5.56 Å². The number of ether oxygens (including phenoxy) is 2. The Morgan fingerprint density at radius 3 is 2.63 bits per heavy atom. The van der Waals surface area contributed by atoms with Crippen LogP contribution in [-0.2, 0) is 19.5 Å². The van der Waals surface area contributed by atoms with Gasteiger partial charge < -0.3 is 23.5 Å². The summed E-state index contributed by atoms with van der Waals surface area (Å²) >= 11 is 0. The molecular formula is C21H24N4O5. The molecule has 0 saturated carbocycles.